The minimum Gasteiger partial charge on any atom is -0.489 e. The van der Waals surface area contributed by atoms with Gasteiger partial charge in [-0.15, -0.1) is 0 Å². The fourth-order valence-corrected chi connectivity index (χ4v) is 2.20. The monoisotopic (exact) mass is 310 g/mol. The number of halogens is 1. The standard InChI is InChI=1S/C19H15ClO2/c20-19-9-5-4-6-15(19)14-21-16-10-12-18(13-11-16)22-17-7-2-1-3-8-17/h1-13H,14H2. The van der Waals surface area contributed by atoms with E-state index < -0.39 is 0 Å². The Hall–Kier alpha value is -2.45. The summed E-state index contributed by atoms with van der Waals surface area (Å²) in [5.41, 5.74) is 0.966. The third kappa shape index (κ3) is 3.80. The quantitative estimate of drug-likeness (QED) is 0.601. The normalized spacial score (nSPS) is 10.2. The van der Waals surface area contributed by atoms with E-state index in [4.69, 9.17) is 21.1 Å². The molecule has 0 fully saturated rings. The number of hydrogen-bond acceptors (Lipinski definition) is 2. The molecule has 0 bridgehead atoms. The zero-order chi connectivity index (χ0) is 15.2. The molecule has 22 heavy (non-hydrogen) atoms. The van der Waals surface area contributed by atoms with Crippen LogP contribution < -0.4 is 9.47 Å². The van der Waals surface area contributed by atoms with Gasteiger partial charge in [0.25, 0.3) is 0 Å². The molecule has 0 atom stereocenters. The fraction of sp³-hybridized carbons (Fsp3) is 0.0526. The van der Waals surface area contributed by atoms with Crippen molar-refractivity contribution >= 4 is 11.6 Å². The second-order valence-electron chi connectivity index (χ2n) is 4.77. The molecule has 0 saturated carbocycles. The van der Waals surface area contributed by atoms with Crippen molar-refractivity contribution in [3.8, 4) is 17.2 Å². The van der Waals surface area contributed by atoms with Gasteiger partial charge in [0, 0.05) is 10.6 Å². The molecule has 0 amide bonds. The van der Waals surface area contributed by atoms with E-state index in [1.54, 1.807) is 0 Å². The van der Waals surface area contributed by atoms with E-state index in [1.807, 2.05) is 78.9 Å². The smallest absolute Gasteiger partial charge is 0.127 e. The highest BCUT2D eigenvalue weighted by Crippen LogP contribution is 2.24. The van der Waals surface area contributed by atoms with Crippen LogP contribution in [0.4, 0.5) is 0 Å². The first-order valence-electron chi connectivity index (χ1n) is 7.00. The third-order valence-electron chi connectivity index (χ3n) is 3.15. The lowest BCUT2D eigenvalue weighted by molar-refractivity contribution is 0.306. The maximum atomic E-state index is 6.11. The Bertz CT molecular complexity index is 724. The van der Waals surface area contributed by atoms with Crippen LogP contribution in [0.3, 0.4) is 0 Å². The Balaban J connectivity index is 1.61. The van der Waals surface area contributed by atoms with Crippen LogP contribution in [-0.2, 0) is 6.61 Å². The lowest BCUT2D eigenvalue weighted by atomic mass is 10.2. The van der Waals surface area contributed by atoms with Crippen LogP contribution in [0.15, 0.2) is 78.9 Å². The van der Waals surface area contributed by atoms with Gasteiger partial charge < -0.3 is 9.47 Å². The summed E-state index contributed by atoms with van der Waals surface area (Å²) in [6.45, 7) is 0.443. The summed E-state index contributed by atoms with van der Waals surface area (Å²) in [5, 5.41) is 0.714. The van der Waals surface area contributed by atoms with Gasteiger partial charge in [0.2, 0.25) is 0 Å². The summed E-state index contributed by atoms with van der Waals surface area (Å²) >= 11 is 6.11. The van der Waals surface area contributed by atoms with Crippen molar-refractivity contribution in [2.24, 2.45) is 0 Å². The van der Waals surface area contributed by atoms with E-state index in [1.165, 1.54) is 0 Å². The second-order valence-corrected chi connectivity index (χ2v) is 5.17. The van der Waals surface area contributed by atoms with E-state index in [9.17, 15) is 0 Å². The summed E-state index contributed by atoms with van der Waals surface area (Å²) < 4.78 is 11.5. The maximum absolute atomic E-state index is 6.11. The number of para-hydroxylation sites is 1. The second kappa shape index (κ2) is 7.01. The third-order valence-corrected chi connectivity index (χ3v) is 3.52. The van der Waals surface area contributed by atoms with Crippen molar-refractivity contribution in [2.75, 3.05) is 0 Å². The molecule has 2 nitrogen and oxygen atoms in total. The predicted molar refractivity (Wildman–Crippen MR) is 88.7 cm³/mol. The first-order chi connectivity index (χ1) is 10.8. The van der Waals surface area contributed by atoms with E-state index in [2.05, 4.69) is 0 Å². The molecule has 0 radical (unpaired) electrons. The van der Waals surface area contributed by atoms with Crippen LogP contribution in [-0.4, -0.2) is 0 Å². The van der Waals surface area contributed by atoms with Crippen LogP contribution in [0.1, 0.15) is 5.56 Å². The van der Waals surface area contributed by atoms with Crippen molar-refractivity contribution in [3.63, 3.8) is 0 Å². The van der Waals surface area contributed by atoms with Crippen molar-refractivity contribution < 1.29 is 9.47 Å². The van der Waals surface area contributed by atoms with Crippen LogP contribution >= 0.6 is 11.6 Å². The topological polar surface area (TPSA) is 18.5 Å². The molecule has 0 N–H and O–H groups in total. The van der Waals surface area contributed by atoms with Crippen LogP contribution in [0.2, 0.25) is 5.02 Å². The molecule has 3 heteroatoms. The summed E-state index contributed by atoms with van der Waals surface area (Å²) in [6.07, 6.45) is 0. The Kier molecular flexibility index (Phi) is 4.62. The van der Waals surface area contributed by atoms with Crippen LogP contribution in [0, 0.1) is 0 Å². The molecule has 0 heterocycles. The van der Waals surface area contributed by atoms with Crippen molar-refractivity contribution in [3.05, 3.63) is 89.4 Å². The minimum atomic E-state index is 0.443. The summed E-state index contributed by atoms with van der Waals surface area (Å²) in [5.74, 6) is 2.36. The zero-order valence-corrected chi connectivity index (χ0v) is 12.7. The van der Waals surface area contributed by atoms with Crippen LogP contribution in [0.25, 0.3) is 0 Å². The Morgan fingerprint density at radius 2 is 1.23 bits per heavy atom. The van der Waals surface area contributed by atoms with E-state index in [0.29, 0.717) is 11.6 Å². The molecule has 0 spiro atoms. The summed E-state index contributed by atoms with van der Waals surface area (Å²) in [6, 6.07) is 24.9. The average molecular weight is 311 g/mol. The van der Waals surface area contributed by atoms with Gasteiger partial charge in [0.15, 0.2) is 0 Å². The zero-order valence-electron chi connectivity index (χ0n) is 11.9. The van der Waals surface area contributed by atoms with Gasteiger partial charge in [0.05, 0.1) is 0 Å². The van der Waals surface area contributed by atoms with Gasteiger partial charge in [-0.3, -0.25) is 0 Å². The minimum absolute atomic E-state index is 0.443. The van der Waals surface area contributed by atoms with Crippen LogP contribution in [0.5, 0.6) is 17.2 Å². The molecular weight excluding hydrogens is 296 g/mol. The van der Waals surface area contributed by atoms with Crippen molar-refractivity contribution in [2.45, 2.75) is 6.61 Å². The molecule has 3 aromatic carbocycles. The Morgan fingerprint density at radius 1 is 0.636 bits per heavy atom. The summed E-state index contributed by atoms with van der Waals surface area (Å²) in [7, 11) is 0. The van der Waals surface area contributed by atoms with Crippen molar-refractivity contribution in [1.29, 1.82) is 0 Å². The number of rotatable bonds is 5. The Labute approximate surface area is 134 Å². The lowest BCUT2D eigenvalue weighted by Gasteiger charge is -2.09. The molecule has 0 saturated heterocycles. The van der Waals surface area contributed by atoms with E-state index in [0.717, 1.165) is 22.8 Å². The molecule has 0 aliphatic rings. The van der Waals surface area contributed by atoms with Gasteiger partial charge in [-0.25, -0.2) is 0 Å². The van der Waals surface area contributed by atoms with E-state index in [-0.39, 0.29) is 0 Å². The first-order valence-corrected chi connectivity index (χ1v) is 7.38. The summed E-state index contributed by atoms with van der Waals surface area (Å²) in [4.78, 5) is 0. The highest BCUT2D eigenvalue weighted by molar-refractivity contribution is 6.31. The number of hydrogen-bond donors (Lipinski definition) is 0. The molecule has 110 valence electrons. The first kappa shape index (κ1) is 14.5. The molecule has 3 aromatic rings. The number of benzene rings is 3. The maximum Gasteiger partial charge on any atom is 0.127 e. The fourth-order valence-electron chi connectivity index (χ4n) is 2.01. The number of ether oxygens (including phenoxy) is 2. The van der Waals surface area contributed by atoms with Crippen molar-refractivity contribution in [1.82, 2.24) is 0 Å². The lowest BCUT2D eigenvalue weighted by Crippen LogP contribution is -1.96. The van der Waals surface area contributed by atoms with E-state index >= 15 is 0 Å². The molecule has 0 aromatic heterocycles. The largest absolute Gasteiger partial charge is 0.489 e. The predicted octanol–water partition coefficient (Wildman–Crippen LogP) is 5.71. The highest BCUT2D eigenvalue weighted by atomic mass is 35.5. The molecule has 3 rings (SSSR count). The van der Waals surface area contributed by atoms with Gasteiger partial charge in [0.1, 0.15) is 23.9 Å². The SMILES string of the molecule is Clc1ccccc1COc1ccc(Oc2ccccc2)cc1. The molecular formula is C19H15ClO2. The van der Waals surface area contributed by atoms with Gasteiger partial charge >= 0.3 is 0 Å². The molecule has 0 unspecified atom stereocenters. The molecule has 0 aliphatic carbocycles. The van der Waals surface area contributed by atoms with Gasteiger partial charge in [-0.2, -0.15) is 0 Å². The Morgan fingerprint density at radius 3 is 1.95 bits per heavy atom. The average Bonchev–Trinajstić information content (AvgIpc) is 2.56. The molecule has 0 aliphatic heterocycles. The van der Waals surface area contributed by atoms with Gasteiger partial charge in [-0.1, -0.05) is 48.0 Å². The highest BCUT2D eigenvalue weighted by Gasteiger charge is 2.01. The van der Waals surface area contributed by atoms with Gasteiger partial charge in [-0.05, 0) is 42.5 Å².